The molecule has 0 amide bonds. The molecule has 0 aromatic heterocycles. The Morgan fingerprint density at radius 1 is 1.42 bits per heavy atom. The van der Waals surface area contributed by atoms with Crippen molar-refractivity contribution < 1.29 is 9.53 Å². The Balaban J connectivity index is 2.27. The molecule has 0 saturated carbocycles. The lowest BCUT2D eigenvalue weighted by Gasteiger charge is -2.07. The minimum Gasteiger partial charge on any atom is -0.493 e. The zero-order chi connectivity index (χ0) is 13.7. The molecular formula is C14H15NO2S2. The van der Waals surface area contributed by atoms with Crippen molar-refractivity contribution in [1.29, 1.82) is 0 Å². The highest BCUT2D eigenvalue weighted by atomic mass is 32.2. The second kappa shape index (κ2) is 6.82. The summed E-state index contributed by atoms with van der Waals surface area (Å²) < 4.78 is 6.46. The van der Waals surface area contributed by atoms with Crippen molar-refractivity contribution in [3.05, 3.63) is 35.5 Å². The lowest BCUT2D eigenvalue weighted by molar-refractivity contribution is -0.107. The molecule has 19 heavy (non-hydrogen) atoms. The highest BCUT2D eigenvalue weighted by Gasteiger charge is 2.21. The predicted molar refractivity (Wildman–Crippen MR) is 83.8 cm³/mol. The number of hydrogen-bond donors (Lipinski definition) is 0. The molecule has 1 aromatic carbocycles. The average molecular weight is 293 g/mol. The van der Waals surface area contributed by atoms with E-state index in [2.05, 4.69) is 11.9 Å². The maximum atomic E-state index is 11.8. The van der Waals surface area contributed by atoms with Gasteiger partial charge in [0.2, 0.25) is 5.12 Å². The van der Waals surface area contributed by atoms with E-state index in [1.165, 1.54) is 23.5 Å². The average Bonchev–Trinajstić information content (AvgIpc) is 2.78. The van der Waals surface area contributed by atoms with Gasteiger partial charge in [0.25, 0.3) is 0 Å². The highest BCUT2D eigenvalue weighted by molar-refractivity contribution is 8.45. The van der Waals surface area contributed by atoms with Crippen molar-refractivity contribution >= 4 is 39.1 Å². The molecule has 1 aromatic rings. The van der Waals surface area contributed by atoms with Gasteiger partial charge in [-0.2, -0.15) is 0 Å². The smallest absolute Gasteiger partial charge is 0.244 e. The molecule has 100 valence electrons. The van der Waals surface area contributed by atoms with Crippen LogP contribution in [0.1, 0.15) is 18.9 Å². The second-order valence-corrected chi connectivity index (χ2v) is 5.90. The van der Waals surface area contributed by atoms with Gasteiger partial charge < -0.3 is 4.74 Å². The van der Waals surface area contributed by atoms with Crippen LogP contribution >= 0.6 is 23.5 Å². The monoisotopic (exact) mass is 293 g/mol. The Hall–Kier alpha value is -1.20. The van der Waals surface area contributed by atoms with E-state index in [1.54, 1.807) is 6.08 Å². The fourth-order valence-corrected chi connectivity index (χ4v) is 2.83. The van der Waals surface area contributed by atoms with Gasteiger partial charge in [0, 0.05) is 5.56 Å². The zero-order valence-electron chi connectivity index (χ0n) is 10.9. The standard InChI is InChI=1S/C14H15NO2S2/c1-3-8-17-12-7-5-4-6-10(12)9-11-13(16)19-14(15-11)18-2/h4-7,9H,3,8H2,1-2H3/b11-9-. The second-order valence-electron chi connectivity index (χ2n) is 3.89. The van der Waals surface area contributed by atoms with Crippen molar-refractivity contribution in [3.8, 4) is 5.75 Å². The van der Waals surface area contributed by atoms with E-state index in [-0.39, 0.29) is 5.12 Å². The third-order valence-corrected chi connectivity index (χ3v) is 4.30. The molecule has 0 spiro atoms. The molecule has 1 heterocycles. The van der Waals surface area contributed by atoms with Gasteiger partial charge in [0.15, 0.2) is 0 Å². The number of ether oxygens (including phenoxy) is 1. The first-order valence-electron chi connectivity index (χ1n) is 6.03. The lowest BCUT2D eigenvalue weighted by atomic mass is 10.1. The first kappa shape index (κ1) is 14.2. The molecule has 0 saturated heterocycles. The van der Waals surface area contributed by atoms with Gasteiger partial charge in [-0.3, -0.25) is 4.79 Å². The molecule has 1 aliphatic rings. The van der Waals surface area contributed by atoms with Gasteiger partial charge in [-0.15, -0.1) is 11.8 Å². The largest absolute Gasteiger partial charge is 0.493 e. The topological polar surface area (TPSA) is 38.7 Å². The molecule has 1 aliphatic heterocycles. The molecule has 0 bridgehead atoms. The van der Waals surface area contributed by atoms with Gasteiger partial charge in [-0.05, 0) is 36.6 Å². The number of hydrogen-bond acceptors (Lipinski definition) is 5. The fraction of sp³-hybridized carbons (Fsp3) is 0.286. The number of carbonyl (C=O) groups excluding carboxylic acids is 1. The van der Waals surface area contributed by atoms with Crippen LogP contribution in [0, 0.1) is 0 Å². The Labute approximate surface area is 121 Å². The molecule has 0 unspecified atom stereocenters. The van der Waals surface area contributed by atoms with E-state index >= 15 is 0 Å². The Morgan fingerprint density at radius 3 is 2.89 bits per heavy atom. The van der Waals surface area contributed by atoms with E-state index in [9.17, 15) is 4.79 Å². The maximum absolute atomic E-state index is 11.8. The Morgan fingerprint density at radius 2 is 2.21 bits per heavy atom. The lowest BCUT2D eigenvalue weighted by Crippen LogP contribution is -1.97. The summed E-state index contributed by atoms with van der Waals surface area (Å²) in [5.41, 5.74) is 1.38. The molecule has 2 rings (SSSR count). The zero-order valence-corrected chi connectivity index (χ0v) is 12.5. The summed E-state index contributed by atoms with van der Waals surface area (Å²) >= 11 is 2.67. The minimum absolute atomic E-state index is 0.00496. The number of para-hydroxylation sites is 1. The number of rotatable bonds is 4. The van der Waals surface area contributed by atoms with E-state index in [0.29, 0.717) is 12.3 Å². The van der Waals surface area contributed by atoms with Crippen LogP contribution in [0.25, 0.3) is 6.08 Å². The van der Waals surface area contributed by atoms with E-state index in [1.807, 2.05) is 30.5 Å². The SMILES string of the molecule is CCCOc1ccccc1/C=C1\N=C(SC)SC1=O. The fourth-order valence-electron chi connectivity index (χ4n) is 1.57. The third kappa shape index (κ3) is 3.64. The molecule has 5 heteroatoms. The molecule has 0 N–H and O–H groups in total. The van der Waals surface area contributed by atoms with Crippen LogP contribution in [-0.2, 0) is 4.79 Å². The van der Waals surface area contributed by atoms with Crippen molar-refractivity contribution in [2.75, 3.05) is 12.9 Å². The van der Waals surface area contributed by atoms with Crippen LogP contribution in [0.15, 0.2) is 35.0 Å². The normalized spacial score (nSPS) is 16.8. The summed E-state index contributed by atoms with van der Waals surface area (Å²) in [5, 5.41) is -0.00496. The third-order valence-electron chi connectivity index (χ3n) is 2.45. The Kier molecular flexibility index (Phi) is 5.10. The summed E-state index contributed by atoms with van der Waals surface area (Å²) in [6, 6.07) is 7.70. The van der Waals surface area contributed by atoms with Crippen LogP contribution < -0.4 is 4.74 Å². The van der Waals surface area contributed by atoms with E-state index < -0.39 is 0 Å². The molecule has 3 nitrogen and oxygen atoms in total. The van der Waals surface area contributed by atoms with Crippen LogP contribution in [0.3, 0.4) is 0 Å². The first-order chi connectivity index (χ1) is 9.24. The quantitative estimate of drug-likeness (QED) is 0.791. The predicted octanol–water partition coefficient (Wildman–Crippen LogP) is 3.81. The van der Waals surface area contributed by atoms with Crippen molar-refractivity contribution in [1.82, 2.24) is 0 Å². The molecule has 0 atom stereocenters. The van der Waals surface area contributed by atoms with Crippen LogP contribution in [0.4, 0.5) is 0 Å². The van der Waals surface area contributed by atoms with Crippen molar-refractivity contribution in [3.63, 3.8) is 0 Å². The maximum Gasteiger partial charge on any atom is 0.244 e. The van der Waals surface area contributed by atoms with Gasteiger partial charge >= 0.3 is 0 Å². The van der Waals surface area contributed by atoms with Gasteiger partial charge in [0.05, 0.1) is 6.61 Å². The first-order valence-corrected chi connectivity index (χ1v) is 8.07. The summed E-state index contributed by atoms with van der Waals surface area (Å²) in [6.07, 6.45) is 4.67. The number of benzene rings is 1. The molecule has 0 fully saturated rings. The van der Waals surface area contributed by atoms with Crippen LogP contribution in [0.2, 0.25) is 0 Å². The van der Waals surface area contributed by atoms with Gasteiger partial charge in [0.1, 0.15) is 15.8 Å². The summed E-state index contributed by atoms with van der Waals surface area (Å²) in [5.74, 6) is 0.794. The Bertz CT molecular complexity index is 538. The van der Waals surface area contributed by atoms with E-state index in [4.69, 9.17) is 4.74 Å². The summed E-state index contributed by atoms with van der Waals surface area (Å²) in [4.78, 5) is 16.1. The number of nitrogens with zero attached hydrogens (tertiary/aromatic N) is 1. The summed E-state index contributed by atoms with van der Waals surface area (Å²) in [6.45, 7) is 2.73. The van der Waals surface area contributed by atoms with Crippen LogP contribution in [-0.4, -0.2) is 22.4 Å². The van der Waals surface area contributed by atoms with Gasteiger partial charge in [-0.1, -0.05) is 25.1 Å². The summed E-state index contributed by atoms with van der Waals surface area (Å²) in [7, 11) is 0. The van der Waals surface area contributed by atoms with Gasteiger partial charge in [-0.25, -0.2) is 4.99 Å². The minimum atomic E-state index is -0.00496. The van der Waals surface area contributed by atoms with Crippen LogP contribution in [0.5, 0.6) is 5.75 Å². The van der Waals surface area contributed by atoms with E-state index in [0.717, 1.165) is 22.1 Å². The number of thioether (sulfide) groups is 2. The molecule has 0 radical (unpaired) electrons. The van der Waals surface area contributed by atoms with Crippen molar-refractivity contribution in [2.24, 2.45) is 4.99 Å². The molecule has 0 aliphatic carbocycles. The number of aliphatic imine (C=N–C) groups is 1. The highest BCUT2D eigenvalue weighted by Crippen LogP contribution is 2.31. The molecular weight excluding hydrogens is 278 g/mol. The van der Waals surface area contributed by atoms with Crippen molar-refractivity contribution in [2.45, 2.75) is 13.3 Å². The number of carbonyl (C=O) groups is 1.